The number of aromatic nitrogens is 2. The number of benzene rings is 2. The van der Waals surface area contributed by atoms with Crippen molar-refractivity contribution in [1.82, 2.24) is 0 Å². The number of nitrogens with zero attached hydrogens (tertiary/aromatic N) is 4. The maximum Gasteiger partial charge on any atom is 0.173 e. The van der Waals surface area contributed by atoms with Gasteiger partial charge in [0.05, 0.1) is 0 Å². The van der Waals surface area contributed by atoms with Crippen LogP contribution in [0.25, 0.3) is 12.2 Å². The first-order valence-corrected chi connectivity index (χ1v) is 12.3. The third-order valence-corrected chi connectivity index (χ3v) is 6.16. The van der Waals surface area contributed by atoms with Gasteiger partial charge in [0.1, 0.15) is 0 Å². The van der Waals surface area contributed by atoms with Gasteiger partial charge in [-0.05, 0) is 11.1 Å². The normalized spacial score (nSPS) is 11.3. The van der Waals surface area contributed by atoms with Crippen LogP contribution in [0.4, 0.5) is 11.4 Å². The molecule has 0 saturated heterocycles. The highest BCUT2D eigenvalue weighted by Gasteiger charge is 2.05. The van der Waals surface area contributed by atoms with Crippen LogP contribution < -0.4 is 18.9 Å². The standard InChI is InChI=1S/C32H36N4/c1-33(2)31-17-21-35(22-18-31)25-29-13-9-27(10-14-29)7-5-6-8-28-11-15-30(16-12-28)26-36-23-19-32(20-24-36)34(3)4/h5-24H,25-26H2,1-4H3/q+2. The van der Waals surface area contributed by atoms with Crippen LogP contribution in [-0.2, 0) is 13.1 Å². The van der Waals surface area contributed by atoms with Crippen molar-refractivity contribution in [3.63, 3.8) is 0 Å². The Morgan fingerprint density at radius 1 is 0.500 bits per heavy atom. The van der Waals surface area contributed by atoms with E-state index in [-0.39, 0.29) is 0 Å². The molecule has 36 heavy (non-hydrogen) atoms. The van der Waals surface area contributed by atoms with E-state index in [4.69, 9.17) is 0 Å². The lowest BCUT2D eigenvalue weighted by atomic mass is 10.1. The molecule has 2 aromatic carbocycles. The lowest BCUT2D eigenvalue weighted by Crippen LogP contribution is -2.33. The molecular formula is C32H36N4+2. The van der Waals surface area contributed by atoms with Gasteiger partial charge in [-0.2, -0.15) is 0 Å². The number of hydrogen-bond acceptors (Lipinski definition) is 2. The second-order valence-corrected chi connectivity index (χ2v) is 9.45. The summed E-state index contributed by atoms with van der Waals surface area (Å²) in [5.74, 6) is 0. The summed E-state index contributed by atoms with van der Waals surface area (Å²) >= 11 is 0. The number of allylic oxidation sites excluding steroid dienone is 2. The van der Waals surface area contributed by atoms with Crippen LogP contribution in [0.1, 0.15) is 22.3 Å². The number of rotatable bonds is 9. The van der Waals surface area contributed by atoms with Crippen molar-refractivity contribution >= 4 is 23.5 Å². The number of anilines is 2. The summed E-state index contributed by atoms with van der Waals surface area (Å²) < 4.78 is 4.40. The smallest absolute Gasteiger partial charge is 0.173 e. The van der Waals surface area contributed by atoms with Crippen LogP contribution in [0.15, 0.2) is 110 Å². The summed E-state index contributed by atoms with van der Waals surface area (Å²) in [5, 5.41) is 0. The zero-order valence-corrected chi connectivity index (χ0v) is 21.8. The van der Waals surface area contributed by atoms with E-state index >= 15 is 0 Å². The summed E-state index contributed by atoms with van der Waals surface area (Å²) in [7, 11) is 8.24. The van der Waals surface area contributed by atoms with Crippen molar-refractivity contribution < 1.29 is 9.13 Å². The molecule has 0 N–H and O–H groups in total. The molecule has 0 radical (unpaired) electrons. The van der Waals surface area contributed by atoms with Gasteiger partial charge in [-0.3, -0.25) is 0 Å². The first-order valence-electron chi connectivity index (χ1n) is 12.3. The topological polar surface area (TPSA) is 14.2 Å². The molecule has 0 bridgehead atoms. The van der Waals surface area contributed by atoms with Gasteiger partial charge in [0.15, 0.2) is 37.9 Å². The van der Waals surface area contributed by atoms with Gasteiger partial charge < -0.3 is 9.80 Å². The molecular weight excluding hydrogens is 440 g/mol. The van der Waals surface area contributed by atoms with Crippen molar-refractivity contribution in [2.24, 2.45) is 0 Å². The predicted octanol–water partition coefficient (Wildman–Crippen LogP) is 5.22. The maximum atomic E-state index is 2.20. The molecule has 0 amide bonds. The van der Waals surface area contributed by atoms with Crippen LogP contribution in [0.3, 0.4) is 0 Å². The lowest BCUT2D eigenvalue weighted by molar-refractivity contribution is -0.688. The van der Waals surface area contributed by atoms with Crippen LogP contribution in [0, 0.1) is 0 Å². The molecule has 4 nitrogen and oxygen atoms in total. The Hall–Kier alpha value is -4.18. The molecule has 0 saturated carbocycles. The molecule has 0 unspecified atom stereocenters. The summed E-state index contributed by atoms with van der Waals surface area (Å²) in [6.45, 7) is 1.74. The maximum absolute atomic E-state index is 2.20. The quantitative estimate of drug-likeness (QED) is 0.243. The Morgan fingerprint density at radius 3 is 1.14 bits per heavy atom. The van der Waals surface area contributed by atoms with Gasteiger partial charge in [0.25, 0.3) is 0 Å². The summed E-state index contributed by atoms with van der Waals surface area (Å²) in [6.07, 6.45) is 17.0. The highest BCUT2D eigenvalue weighted by molar-refractivity contribution is 5.57. The average Bonchev–Trinajstić information content (AvgIpc) is 2.89. The number of hydrogen-bond donors (Lipinski definition) is 0. The highest BCUT2D eigenvalue weighted by atomic mass is 15.1. The fourth-order valence-corrected chi connectivity index (χ4v) is 3.93. The van der Waals surface area contributed by atoms with Crippen molar-refractivity contribution in [2.45, 2.75) is 13.1 Å². The van der Waals surface area contributed by atoms with Gasteiger partial charge in [0.2, 0.25) is 0 Å². The van der Waals surface area contributed by atoms with E-state index in [2.05, 4.69) is 169 Å². The van der Waals surface area contributed by atoms with Gasteiger partial charge in [-0.15, -0.1) is 0 Å². The second-order valence-electron chi connectivity index (χ2n) is 9.45. The van der Waals surface area contributed by atoms with Gasteiger partial charge in [-0.1, -0.05) is 72.8 Å². The molecule has 2 aromatic heterocycles. The third-order valence-electron chi connectivity index (χ3n) is 6.16. The highest BCUT2D eigenvalue weighted by Crippen LogP contribution is 2.11. The molecule has 4 heteroatoms. The zero-order valence-electron chi connectivity index (χ0n) is 21.8. The summed E-state index contributed by atoms with van der Waals surface area (Å²) in [5.41, 5.74) is 7.39. The Bertz CT molecular complexity index is 1180. The van der Waals surface area contributed by atoms with E-state index in [0.717, 1.165) is 13.1 Å². The van der Waals surface area contributed by atoms with Crippen molar-refractivity contribution in [3.05, 3.63) is 132 Å². The molecule has 0 aliphatic heterocycles. The minimum atomic E-state index is 0.869. The SMILES string of the molecule is CN(C)c1cc[n+](Cc2ccc(C=CC=Cc3ccc(C[n+]4ccc(N(C)C)cc4)cc3)cc2)cc1. The fourth-order valence-electron chi connectivity index (χ4n) is 3.93. The van der Waals surface area contributed by atoms with Crippen LogP contribution in [-0.4, -0.2) is 28.2 Å². The Balaban J connectivity index is 1.27. The summed E-state index contributed by atoms with van der Waals surface area (Å²) in [4.78, 5) is 4.22. The molecule has 2 heterocycles. The Morgan fingerprint density at radius 2 is 0.833 bits per heavy atom. The molecule has 0 aliphatic rings. The average molecular weight is 477 g/mol. The van der Waals surface area contributed by atoms with Crippen LogP contribution >= 0.6 is 0 Å². The minimum absolute atomic E-state index is 0.869. The predicted molar refractivity (Wildman–Crippen MR) is 151 cm³/mol. The Labute approximate surface area is 215 Å². The van der Waals surface area contributed by atoms with Crippen molar-refractivity contribution in [3.8, 4) is 0 Å². The van der Waals surface area contributed by atoms with Crippen molar-refractivity contribution in [1.29, 1.82) is 0 Å². The van der Waals surface area contributed by atoms with Crippen molar-refractivity contribution in [2.75, 3.05) is 38.0 Å². The monoisotopic (exact) mass is 476 g/mol. The zero-order chi connectivity index (χ0) is 25.3. The first kappa shape index (κ1) is 24.9. The van der Waals surface area contributed by atoms with E-state index in [1.54, 1.807) is 0 Å². The van der Waals surface area contributed by atoms with E-state index in [1.165, 1.54) is 33.6 Å². The van der Waals surface area contributed by atoms with E-state index in [1.807, 2.05) is 0 Å². The summed E-state index contributed by atoms with van der Waals surface area (Å²) in [6, 6.07) is 26.0. The van der Waals surface area contributed by atoms with Gasteiger partial charge in [0, 0.05) is 75.0 Å². The molecule has 4 rings (SSSR count). The molecule has 0 fully saturated rings. The lowest BCUT2D eigenvalue weighted by Gasteiger charge is -2.10. The van der Waals surface area contributed by atoms with Crippen LogP contribution in [0.5, 0.6) is 0 Å². The molecule has 0 aliphatic carbocycles. The molecule has 4 aromatic rings. The van der Waals surface area contributed by atoms with E-state index in [9.17, 15) is 0 Å². The Kier molecular flexibility index (Phi) is 8.30. The second kappa shape index (κ2) is 12.0. The van der Waals surface area contributed by atoms with Crippen LogP contribution in [0.2, 0.25) is 0 Å². The fraction of sp³-hybridized carbons (Fsp3) is 0.188. The molecule has 182 valence electrons. The number of pyridine rings is 2. The third kappa shape index (κ3) is 7.16. The molecule has 0 atom stereocenters. The first-order chi connectivity index (χ1) is 17.5. The molecule has 0 spiro atoms. The van der Waals surface area contributed by atoms with E-state index in [0.29, 0.717) is 0 Å². The largest absolute Gasteiger partial charge is 0.377 e. The van der Waals surface area contributed by atoms with Gasteiger partial charge in [-0.25, -0.2) is 9.13 Å². The van der Waals surface area contributed by atoms with Gasteiger partial charge >= 0.3 is 0 Å². The van der Waals surface area contributed by atoms with E-state index < -0.39 is 0 Å². The minimum Gasteiger partial charge on any atom is -0.377 e.